The van der Waals surface area contributed by atoms with Crippen LogP contribution in [-0.4, -0.2) is 69.2 Å². The van der Waals surface area contributed by atoms with Gasteiger partial charge in [0.2, 0.25) is 0 Å². The lowest BCUT2D eigenvalue weighted by Gasteiger charge is -2.38. The molecule has 2 aromatic carbocycles. The van der Waals surface area contributed by atoms with E-state index in [-0.39, 0.29) is 6.04 Å². The molecular formula is C26H39N5O. The Morgan fingerprint density at radius 2 is 1.97 bits per heavy atom. The van der Waals surface area contributed by atoms with Crippen LogP contribution in [0, 0.1) is 0 Å². The maximum Gasteiger partial charge on any atom is 0.191 e. The van der Waals surface area contributed by atoms with Crippen LogP contribution in [-0.2, 0) is 6.54 Å². The molecule has 1 heterocycles. The molecule has 1 saturated heterocycles. The van der Waals surface area contributed by atoms with E-state index in [9.17, 15) is 0 Å². The quantitative estimate of drug-likeness (QED) is 0.489. The number of nitrogens with zero attached hydrogens (tertiary/aromatic N) is 3. The Balaban J connectivity index is 1.52. The summed E-state index contributed by atoms with van der Waals surface area (Å²) in [5, 5.41) is 7.20. The average Bonchev–Trinajstić information content (AvgIpc) is 2.80. The molecule has 6 nitrogen and oxygen atoms in total. The zero-order valence-electron chi connectivity index (χ0n) is 20.2. The van der Waals surface area contributed by atoms with Crippen molar-refractivity contribution in [1.82, 2.24) is 20.4 Å². The molecular weight excluding hydrogens is 398 g/mol. The topological polar surface area (TPSA) is 52.1 Å². The minimum atomic E-state index is 0.218. The second-order valence-corrected chi connectivity index (χ2v) is 8.88. The van der Waals surface area contributed by atoms with E-state index >= 15 is 0 Å². The number of hydrogen-bond donors (Lipinski definition) is 2. The van der Waals surface area contributed by atoms with Gasteiger partial charge in [-0.3, -0.25) is 9.89 Å². The highest BCUT2D eigenvalue weighted by atomic mass is 16.5. The number of rotatable bonds is 8. The number of methoxy groups -OCH3 is 1. The van der Waals surface area contributed by atoms with Crippen molar-refractivity contribution in [2.45, 2.75) is 44.4 Å². The van der Waals surface area contributed by atoms with E-state index in [1.807, 2.05) is 19.2 Å². The van der Waals surface area contributed by atoms with Gasteiger partial charge in [-0.25, -0.2) is 0 Å². The summed E-state index contributed by atoms with van der Waals surface area (Å²) in [5.41, 5.74) is 2.61. The van der Waals surface area contributed by atoms with Gasteiger partial charge in [0, 0.05) is 38.8 Å². The molecule has 0 saturated carbocycles. The molecule has 0 amide bonds. The van der Waals surface area contributed by atoms with Crippen LogP contribution < -0.4 is 15.4 Å². The number of ether oxygens (including phenoxy) is 1. The van der Waals surface area contributed by atoms with Crippen LogP contribution in [0.25, 0.3) is 0 Å². The molecule has 3 rings (SSSR count). The van der Waals surface area contributed by atoms with E-state index in [2.05, 4.69) is 88.9 Å². The molecule has 3 unspecified atom stereocenters. The summed E-state index contributed by atoms with van der Waals surface area (Å²) in [6, 6.07) is 20.2. The highest BCUT2D eigenvalue weighted by Crippen LogP contribution is 2.22. The van der Waals surface area contributed by atoms with Crippen molar-refractivity contribution in [3.63, 3.8) is 0 Å². The monoisotopic (exact) mass is 437 g/mol. The SMILES string of the molecule is CN=C(NCC(c1cccc(OC)c1)N(C)C)NC1CCN(Cc2ccccc2)C(C)C1. The van der Waals surface area contributed by atoms with Crippen molar-refractivity contribution in [3.8, 4) is 5.75 Å². The number of guanidine groups is 1. The fourth-order valence-electron chi connectivity index (χ4n) is 4.43. The van der Waals surface area contributed by atoms with Crippen LogP contribution in [0.5, 0.6) is 5.75 Å². The Hall–Kier alpha value is -2.57. The molecule has 2 N–H and O–H groups in total. The van der Waals surface area contributed by atoms with Gasteiger partial charge >= 0.3 is 0 Å². The summed E-state index contributed by atoms with van der Waals surface area (Å²) in [6.45, 7) is 5.21. The van der Waals surface area contributed by atoms with Gasteiger partial charge in [-0.1, -0.05) is 42.5 Å². The molecule has 0 aliphatic carbocycles. The van der Waals surface area contributed by atoms with Crippen LogP contribution in [0.3, 0.4) is 0 Å². The second-order valence-electron chi connectivity index (χ2n) is 8.88. The van der Waals surface area contributed by atoms with Gasteiger partial charge in [0.1, 0.15) is 5.75 Å². The number of aliphatic imine (C=N–C) groups is 1. The van der Waals surface area contributed by atoms with Crippen LogP contribution in [0.1, 0.15) is 36.9 Å². The lowest BCUT2D eigenvalue weighted by Crippen LogP contribution is -2.52. The smallest absolute Gasteiger partial charge is 0.191 e. The number of hydrogen-bond acceptors (Lipinski definition) is 4. The normalized spacial score (nSPS) is 20.8. The summed E-state index contributed by atoms with van der Waals surface area (Å²) < 4.78 is 5.41. The number of likely N-dealkylation sites (tertiary alicyclic amines) is 1. The summed E-state index contributed by atoms with van der Waals surface area (Å²) in [7, 11) is 7.76. The van der Waals surface area contributed by atoms with Crippen LogP contribution in [0.4, 0.5) is 0 Å². The third kappa shape index (κ3) is 6.71. The first-order valence-electron chi connectivity index (χ1n) is 11.6. The minimum Gasteiger partial charge on any atom is -0.497 e. The summed E-state index contributed by atoms with van der Waals surface area (Å²) in [6.07, 6.45) is 2.23. The number of benzene rings is 2. The summed E-state index contributed by atoms with van der Waals surface area (Å²) in [4.78, 5) is 9.29. The Labute approximate surface area is 193 Å². The van der Waals surface area contributed by atoms with Crippen molar-refractivity contribution in [3.05, 3.63) is 65.7 Å². The minimum absolute atomic E-state index is 0.218. The number of nitrogens with one attached hydrogen (secondary N) is 2. The lowest BCUT2D eigenvalue weighted by molar-refractivity contribution is 0.134. The molecule has 0 radical (unpaired) electrons. The third-order valence-corrected chi connectivity index (χ3v) is 6.37. The molecule has 3 atom stereocenters. The Bertz CT molecular complexity index is 854. The predicted octanol–water partition coefficient (Wildman–Crippen LogP) is 3.52. The van der Waals surface area contributed by atoms with Crippen molar-refractivity contribution >= 4 is 5.96 Å². The Morgan fingerprint density at radius 1 is 1.19 bits per heavy atom. The first-order valence-corrected chi connectivity index (χ1v) is 11.6. The lowest BCUT2D eigenvalue weighted by atomic mass is 9.97. The maximum atomic E-state index is 5.41. The van der Waals surface area contributed by atoms with Crippen molar-refractivity contribution in [2.24, 2.45) is 4.99 Å². The molecule has 32 heavy (non-hydrogen) atoms. The standard InChI is InChI=1S/C26H39N5O/c1-20-16-23(14-15-31(20)19-21-10-7-6-8-11-21)29-26(27-2)28-18-25(30(3)4)22-12-9-13-24(17-22)32-5/h6-13,17,20,23,25H,14-16,18-19H2,1-5H3,(H2,27,28,29). The van der Waals surface area contributed by atoms with Gasteiger partial charge < -0.3 is 20.3 Å². The first-order chi connectivity index (χ1) is 15.5. The van der Waals surface area contributed by atoms with Gasteiger partial charge in [-0.05, 0) is 57.1 Å². The first kappa shape index (κ1) is 24.1. The highest BCUT2D eigenvalue weighted by Gasteiger charge is 2.26. The van der Waals surface area contributed by atoms with Crippen molar-refractivity contribution in [1.29, 1.82) is 0 Å². The van der Waals surface area contributed by atoms with E-state index in [4.69, 9.17) is 4.74 Å². The van der Waals surface area contributed by atoms with E-state index in [1.165, 1.54) is 11.1 Å². The zero-order chi connectivity index (χ0) is 22.9. The third-order valence-electron chi connectivity index (χ3n) is 6.37. The van der Waals surface area contributed by atoms with Gasteiger partial charge in [0.05, 0.1) is 13.2 Å². The molecule has 6 heteroatoms. The number of piperidine rings is 1. The van der Waals surface area contributed by atoms with Crippen molar-refractivity contribution < 1.29 is 4.74 Å². The van der Waals surface area contributed by atoms with Crippen LogP contribution in [0.2, 0.25) is 0 Å². The van der Waals surface area contributed by atoms with Crippen LogP contribution >= 0.6 is 0 Å². The summed E-state index contributed by atoms with van der Waals surface area (Å²) >= 11 is 0. The Kier molecular flexibility index (Phi) is 8.94. The van der Waals surface area contributed by atoms with Gasteiger partial charge in [-0.15, -0.1) is 0 Å². The molecule has 1 fully saturated rings. The maximum absolute atomic E-state index is 5.41. The fourth-order valence-corrected chi connectivity index (χ4v) is 4.43. The summed E-state index contributed by atoms with van der Waals surface area (Å²) in [5.74, 6) is 1.75. The molecule has 1 aliphatic heterocycles. The predicted molar refractivity (Wildman–Crippen MR) is 133 cm³/mol. The van der Waals surface area contributed by atoms with E-state index in [0.717, 1.165) is 44.2 Å². The van der Waals surface area contributed by atoms with Crippen molar-refractivity contribution in [2.75, 3.05) is 41.3 Å². The number of likely N-dealkylation sites (N-methyl/N-ethyl adjacent to an activating group) is 1. The second kappa shape index (κ2) is 11.9. The van der Waals surface area contributed by atoms with E-state index in [0.29, 0.717) is 12.1 Å². The van der Waals surface area contributed by atoms with Gasteiger partial charge in [0.15, 0.2) is 5.96 Å². The average molecular weight is 438 g/mol. The van der Waals surface area contributed by atoms with Gasteiger partial charge in [0.25, 0.3) is 0 Å². The van der Waals surface area contributed by atoms with Crippen LogP contribution in [0.15, 0.2) is 59.6 Å². The molecule has 2 aromatic rings. The molecule has 0 spiro atoms. The molecule has 0 aromatic heterocycles. The van der Waals surface area contributed by atoms with E-state index < -0.39 is 0 Å². The fraction of sp³-hybridized carbons (Fsp3) is 0.500. The highest BCUT2D eigenvalue weighted by molar-refractivity contribution is 5.80. The largest absolute Gasteiger partial charge is 0.497 e. The molecule has 1 aliphatic rings. The molecule has 174 valence electrons. The molecule has 0 bridgehead atoms. The Morgan fingerprint density at radius 3 is 2.62 bits per heavy atom. The zero-order valence-corrected chi connectivity index (χ0v) is 20.2. The van der Waals surface area contributed by atoms with Gasteiger partial charge in [-0.2, -0.15) is 0 Å². The van der Waals surface area contributed by atoms with E-state index in [1.54, 1.807) is 7.11 Å².